The van der Waals surface area contributed by atoms with Gasteiger partial charge >= 0.3 is 0 Å². The highest BCUT2D eigenvalue weighted by Crippen LogP contribution is 2.30. The Balaban J connectivity index is 2.02. The fourth-order valence-electron chi connectivity index (χ4n) is 3.06. The van der Waals surface area contributed by atoms with Gasteiger partial charge in [-0.3, -0.25) is 4.79 Å². The summed E-state index contributed by atoms with van der Waals surface area (Å²) in [5, 5.41) is 3.79. The monoisotopic (exact) mass is 294 g/mol. The van der Waals surface area contributed by atoms with Crippen LogP contribution < -0.4 is 11.1 Å². The Morgan fingerprint density at radius 3 is 2.80 bits per heavy atom. The molecule has 0 radical (unpaired) electrons. The van der Waals surface area contributed by atoms with E-state index in [4.69, 9.17) is 17.3 Å². The van der Waals surface area contributed by atoms with Gasteiger partial charge in [0, 0.05) is 10.9 Å². The summed E-state index contributed by atoms with van der Waals surface area (Å²) < 4.78 is 0. The summed E-state index contributed by atoms with van der Waals surface area (Å²) >= 11 is 6.17. The molecule has 1 amide bonds. The van der Waals surface area contributed by atoms with Crippen LogP contribution in [0.4, 0.5) is 0 Å². The van der Waals surface area contributed by atoms with Gasteiger partial charge in [-0.25, -0.2) is 0 Å². The Bertz CT molecular complexity index is 464. The van der Waals surface area contributed by atoms with Gasteiger partial charge in [0.15, 0.2) is 0 Å². The maximum atomic E-state index is 12.5. The molecule has 0 spiro atoms. The summed E-state index contributed by atoms with van der Waals surface area (Å²) in [7, 11) is 0. The molecule has 0 bridgehead atoms. The molecule has 4 heteroatoms. The van der Waals surface area contributed by atoms with E-state index >= 15 is 0 Å². The molecule has 0 saturated heterocycles. The van der Waals surface area contributed by atoms with Crippen LogP contribution in [0.25, 0.3) is 0 Å². The van der Waals surface area contributed by atoms with Gasteiger partial charge in [0.2, 0.25) is 5.91 Å². The van der Waals surface area contributed by atoms with Gasteiger partial charge in [-0.15, -0.1) is 0 Å². The maximum absolute atomic E-state index is 12.5. The molecule has 0 aliphatic heterocycles. The fraction of sp³-hybridized carbons (Fsp3) is 0.562. The number of halogens is 1. The highest BCUT2D eigenvalue weighted by atomic mass is 35.5. The van der Waals surface area contributed by atoms with Crippen molar-refractivity contribution in [1.29, 1.82) is 0 Å². The van der Waals surface area contributed by atoms with Crippen molar-refractivity contribution in [3.8, 4) is 0 Å². The number of carbonyl (C=O) groups is 1. The molecule has 0 heterocycles. The first-order valence-corrected chi connectivity index (χ1v) is 7.76. The molecule has 3 N–H and O–H groups in total. The van der Waals surface area contributed by atoms with Gasteiger partial charge in [0.05, 0.1) is 6.04 Å². The molecule has 2 rings (SSSR count). The number of hydrogen-bond donors (Lipinski definition) is 2. The number of nitrogens with one attached hydrogen (secondary N) is 1. The molecule has 2 unspecified atom stereocenters. The zero-order chi connectivity index (χ0) is 14.5. The molecule has 1 aliphatic rings. The molecule has 1 aromatic rings. The van der Waals surface area contributed by atoms with E-state index in [-0.39, 0.29) is 17.9 Å². The number of hydrogen-bond acceptors (Lipinski definition) is 2. The largest absolute Gasteiger partial charge is 0.349 e. The van der Waals surface area contributed by atoms with E-state index in [9.17, 15) is 4.79 Å². The summed E-state index contributed by atoms with van der Waals surface area (Å²) in [5.41, 5.74) is 6.76. The zero-order valence-corrected chi connectivity index (χ0v) is 12.7. The first-order chi connectivity index (χ1) is 9.63. The number of rotatable bonds is 4. The number of benzene rings is 1. The summed E-state index contributed by atoms with van der Waals surface area (Å²) in [6.45, 7) is 2.57. The minimum atomic E-state index is -0.0726. The molecule has 1 aromatic carbocycles. The summed E-state index contributed by atoms with van der Waals surface area (Å²) in [5.74, 6) is 0.494. The van der Waals surface area contributed by atoms with Crippen molar-refractivity contribution >= 4 is 17.5 Å². The predicted molar refractivity (Wildman–Crippen MR) is 82.5 cm³/mol. The van der Waals surface area contributed by atoms with Crippen LogP contribution >= 0.6 is 11.6 Å². The van der Waals surface area contributed by atoms with E-state index in [1.165, 1.54) is 6.42 Å². The molecule has 3 atom stereocenters. The third-order valence-electron chi connectivity index (χ3n) is 4.28. The Morgan fingerprint density at radius 2 is 2.10 bits per heavy atom. The minimum absolute atomic E-state index is 0.0543. The molecule has 3 nitrogen and oxygen atoms in total. The van der Waals surface area contributed by atoms with Crippen molar-refractivity contribution < 1.29 is 4.79 Å². The molecule has 0 aromatic heterocycles. The standard InChI is InChI=1S/C16H23ClN2O/c1-11(13-7-4-5-9-15(13)17)19-16(20)14-8-3-2-6-12(14)10-18/h4-5,7,9,11-12,14H,2-3,6,8,10,18H2,1H3,(H,19,20)/t11-,12?,14?/m1/s1. The molecular weight excluding hydrogens is 272 g/mol. The third kappa shape index (κ3) is 3.53. The van der Waals surface area contributed by atoms with E-state index in [1.54, 1.807) is 0 Å². The van der Waals surface area contributed by atoms with Crippen LogP contribution in [0, 0.1) is 11.8 Å². The van der Waals surface area contributed by atoms with Crippen LogP contribution in [0.15, 0.2) is 24.3 Å². The average Bonchev–Trinajstić information content (AvgIpc) is 2.47. The van der Waals surface area contributed by atoms with Gasteiger partial charge in [0.25, 0.3) is 0 Å². The van der Waals surface area contributed by atoms with Crippen LogP contribution in [-0.2, 0) is 4.79 Å². The van der Waals surface area contributed by atoms with Crippen molar-refractivity contribution in [3.63, 3.8) is 0 Å². The molecule has 1 aliphatic carbocycles. The lowest BCUT2D eigenvalue weighted by molar-refractivity contribution is -0.128. The fourth-order valence-corrected chi connectivity index (χ4v) is 3.36. The summed E-state index contributed by atoms with van der Waals surface area (Å²) in [6.07, 6.45) is 4.32. The van der Waals surface area contributed by atoms with E-state index in [0.717, 1.165) is 24.8 Å². The van der Waals surface area contributed by atoms with Gasteiger partial charge in [-0.2, -0.15) is 0 Å². The topological polar surface area (TPSA) is 55.1 Å². The van der Waals surface area contributed by atoms with Gasteiger partial charge < -0.3 is 11.1 Å². The predicted octanol–water partition coefficient (Wildman–Crippen LogP) is 3.28. The van der Waals surface area contributed by atoms with Gasteiger partial charge in [-0.05, 0) is 43.9 Å². The first-order valence-electron chi connectivity index (χ1n) is 7.38. The summed E-state index contributed by atoms with van der Waals surface area (Å²) in [4.78, 5) is 12.5. The second-order valence-corrected chi connectivity index (χ2v) is 6.05. The van der Waals surface area contributed by atoms with Crippen LogP contribution in [0.3, 0.4) is 0 Å². The van der Waals surface area contributed by atoms with E-state index in [2.05, 4.69) is 5.32 Å². The lowest BCUT2D eigenvalue weighted by Crippen LogP contribution is -2.40. The zero-order valence-electron chi connectivity index (χ0n) is 11.9. The maximum Gasteiger partial charge on any atom is 0.223 e. The van der Waals surface area contributed by atoms with Gasteiger partial charge in [0.1, 0.15) is 0 Å². The quantitative estimate of drug-likeness (QED) is 0.895. The smallest absolute Gasteiger partial charge is 0.223 e. The van der Waals surface area contributed by atoms with Crippen LogP contribution in [0.2, 0.25) is 5.02 Å². The lowest BCUT2D eigenvalue weighted by Gasteiger charge is -2.30. The van der Waals surface area contributed by atoms with Crippen molar-refractivity contribution in [1.82, 2.24) is 5.32 Å². The lowest BCUT2D eigenvalue weighted by atomic mass is 9.78. The SMILES string of the molecule is C[C@@H](NC(=O)C1CCCCC1CN)c1ccccc1Cl. The van der Waals surface area contributed by atoms with Crippen molar-refractivity contribution in [2.45, 2.75) is 38.6 Å². The Morgan fingerprint density at radius 1 is 1.40 bits per heavy atom. The van der Waals surface area contributed by atoms with E-state index in [0.29, 0.717) is 17.5 Å². The Kier molecular flexibility index (Phi) is 5.44. The summed E-state index contributed by atoms with van der Waals surface area (Å²) in [6, 6.07) is 7.56. The van der Waals surface area contributed by atoms with Crippen LogP contribution in [0.1, 0.15) is 44.2 Å². The van der Waals surface area contributed by atoms with Crippen molar-refractivity contribution in [2.24, 2.45) is 17.6 Å². The number of nitrogens with two attached hydrogens (primary N) is 1. The molecule has 1 saturated carbocycles. The first kappa shape index (κ1) is 15.3. The second kappa shape index (κ2) is 7.09. The number of amides is 1. The normalized spacial score (nSPS) is 24.1. The third-order valence-corrected chi connectivity index (χ3v) is 4.62. The minimum Gasteiger partial charge on any atom is -0.349 e. The molecule has 1 fully saturated rings. The Labute approximate surface area is 125 Å². The van der Waals surface area contributed by atoms with E-state index < -0.39 is 0 Å². The highest BCUT2D eigenvalue weighted by molar-refractivity contribution is 6.31. The van der Waals surface area contributed by atoms with E-state index in [1.807, 2.05) is 31.2 Å². The average molecular weight is 295 g/mol. The molecule has 110 valence electrons. The molecular formula is C16H23ClN2O. The second-order valence-electron chi connectivity index (χ2n) is 5.64. The van der Waals surface area contributed by atoms with Gasteiger partial charge in [-0.1, -0.05) is 42.6 Å². The number of carbonyl (C=O) groups excluding carboxylic acids is 1. The van der Waals surface area contributed by atoms with Crippen molar-refractivity contribution in [2.75, 3.05) is 6.54 Å². The highest BCUT2D eigenvalue weighted by Gasteiger charge is 2.30. The Hall–Kier alpha value is -1.06. The van der Waals surface area contributed by atoms with Crippen molar-refractivity contribution in [3.05, 3.63) is 34.9 Å². The van der Waals surface area contributed by atoms with Crippen LogP contribution in [0.5, 0.6) is 0 Å². The molecule has 20 heavy (non-hydrogen) atoms. The van der Waals surface area contributed by atoms with Crippen LogP contribution in [-0.4, -0.2) is 12.5 Å².